The maximum atomic E-state index is 12.7. The highest BCUT2D eigenvalue weighted by molar-refractivity contribution is 6.01. The predicted molar refractivity (Wildman–Crippen MR) is 98.9 cm³/mol. The second-order valence-corrected chi connectivity index (χ2v) is 6.75. The zero-order valence-corrected chi connectivity index (χ0v) is 15.3. The molecule has 1 fully saturated rings. The third-order valence-corrected chi connectivity index (χ3v) is 4.66. The van der Waals surface area contributed by atoms with Crippen molar-refractivity contribution in [2.45, 2.75) is 37.4 Å². The number of ether oxygens (including phenoxy) is 2. The Kier molecular flexibility index (Phi) is 6.23. The lowest BCUT2D eigenvalue weighted by Gasteiger charge is -2.19. The lowest BCUT2D eigenvalue weighted by molar-refractivity contribution is -0.116. The molecule has 0 aliphatic carbocycles. The van der Waals surface area contributed by atoms with Crippen LogP contribution in [-0.2, 0) is 11.2 Å². The van der Waals surface area contributed by atoms with Crippen molar-refractivity contribution in [3.05, 3.63) is 47.5 Å². The first-order chi connectivity index (χ1) is 13.8. The second-order valence-electron chi connectivity index (χ2n) is 6.75. The van der Waals surface area contributed by atoms with Crippen LogP contribution < -0.4 is 4.74 Å². The van der Waals surface area contributed by atoms with Crippen LogP contribution in [0.15, 0.2) is 36.4 Å². The van der Waals surface area contributed by atoms with Gasteiger partial charge in [0.1, 0.15) is 46.9 Å². The van der Waals surface area contributed by atoms with Crippen molar-refractivity contribution in [2.24, 2.45) is 0 Å². The Bertz CT molecular complexity index is 865. The summed E-state index contributed by atoms with van der Waals surface area (Å²) in [5.41, 5.74) is 0.583. The summed E-state index contributed by atoms with van der Waals surface area (Å²) in [4.78, 5) is 12.7. The van der Waals surface area contributed by atoms with E-state index in [1.165, 1.54) is 12.1 Å². The van der Waals surface area contributed by atoms with E-state index < -0.39 is 42.7 Å². The number of hydrogen-bond acceptors (Lipinski definition) is 9. The lowest BCUT2D eigenvalue weighted by atomic mass is 10.0. The molecule has 1 aliphatic heterocycles. The first-order valence-corrected chi connectivity index (χ1v) is 8.96. The number of aryl methyl sites for hydroxylation is 1. The van der Waals surface area contributed by atoms with Crippen molar-refractivity contribution >= 4 is 5.78 Å². The Morgan fingerprint density at radius 3 is 2.31 bits per heavy atom. The van der Waals surface area contributed by atoms with Crippen molar-refractivity contribution in [1.29, 1.82) is 0 Å². The van der Waals surface area contributed by atoms with Gasteiger partial charge in [0.2, 0.25) is 6.29 Å². The minimum absolute atomic E-state index is 0.00453. The summed E-state index contributed by atoms with van der Waals surface area (Å²) in [5, 5.41) is 58.3. The molecule has 6 N–H and O–H groups in total. The molecule has 0 bridgehead atoms. The number of benzene rings is 2. The molecule has 0 amide bonds. The quantitative estimate of drug-likeness (QED) is 0.359. The molecule has 2 aromatic rings. The van der Waals surface area contributed by atoms with Crippen LogP contribution in [0.1, 0.15) is 22.3 Å². The highest BCUT2D eigenvalue weighted by Crippen LogP contribution is 2.36. The number of aromatic hydroxyl groups is 3. The van der Waals surface area contributed by atoms with E-state index in [2.05, 4.69) is 0 Å². The van der Waals surface area contributed by atoms with Crippen molar-refractivity contribution in [3.8, 4) is 23.0 Å². The fourth-order valence-electron chi connectivity index (χ4n) is 3.09. The molecule has 29 heavy (non-hydrogen) atoms. The van der Waals surface area contributed by atoms with Crippen molar-refractivity contribution in [1.82, 2.24) is 0 Å². The third-order valence-electron chi connectivity index (χ3n) is 4.66. The smallest absolute Gasteiger partial charge is 0.229 e. The number of hydrogen-bond donors (Lipinski definition) is 6. The van der Waals surface area contributed by atoms with E-state index in [-0.39, 0.29) is 29.2 Å². The van der Waals surface area contributed by atoms with Gasteiger partial charge in [0, 0.05) is 18.6 Å². The standard InChI is InChI=1S/C20H22O9/c21-9-16-18(26)19(27)20(29-16)28-15-8-12(23)7-14(25)17(15)13(24)6-3-10-1-4-11(22)5-2-10/h1-2,4-5,7-8,16,18-23,25-27H,3,6,9H2/t16-,18-,19-,20-/m1/s1. The fourth-order valence-corrected chi connectivity index (χ4v) is 3.09. The van der Waals surface area contributed by atoms with E-state index in [9.17, 15) is 30.3 Å². The van der Waals surface area contributed by atoms with Crippen LogP contribution in [0.4, 0.5) is 0 Å². The molecule has 0 spiro atoms. The normalized spacial score (nSPS) is 23.8. The molecule has 9 heteroatoms. The van der Waals surface area contributed by atoms with Crippen molar-refractivity contribution < 1.29 is 44.9 Å². The van der Waals surface area contributed by atoms with Crippen molar-refractivity contribution in [3.63, 3.8) is 0 Å². The van der Waals surface area contributed by atoms with E-state index >= 15 is 0 Å². The van der Waals surface area contributed by atoms with Crippen LogP contribution in [0.2, 0.25) is 0 Å². The fraction of sp³-hybridized carbons (Fsp3) is 0.350. The summed E-state index contributed by atoms with van der Waals surface area (Å²) >= 11 is 0. The highest BCUT2D eigenvalue weighted by Gasteiger charge is 2.44. The first kappa shape index (κ1) is 20.9. The summed E-state index contributed by atoms with van der Waals surface area (Å²) in [6, 6.07) is 8.38. The van der Waals surface area contributed by atoms with Gasteiger partial charge in [-0.15, -0.1) is 0 Å². The number of carbonyl (C=O) groups is 1. The van der Waals surface area contributed by atoms with Gasteiger partial charge in [0.15, 0.2) is 5.78 Å². The molecule has 3 rings (SSSR count). The van der Waals surface area contributed by atoms with Gasteiger partial charge in [-0.25, -0.2) is 0 Å². The Labute approximate surface area is 166 Å². The molecule has 156 valence electrons. The number of rotatable bonds is 7. The predicted octanol–water partition coefficient (Wildman–Crippen LogP) is 0.437. The van der Waals surface area contributed by atoms with Crippen LogP contribution in [0, 0.1) is 0 Å². The van der Waals surface area contributed by atoms with Gasteiger partial charge < -0.3 is 40.1 Å². The molecule has 2 aromatic carbocycles. The number of aliphatic hydroxyl groups excluding tert-OH is 3. The van der Waals surface area contributed by atoms with Crippen molar-refractivity contribution in [2.75, 3.05) is 6.61 Å². The van der Waals surface area contributed by atoms with Gasteiger partial charge in [-0.2, -0.15) is 0 Å². The highest BCUT2D eigenvalue weighted by atomic mass is 16.7. The van der Waals surface area contributed by atoms with E-state index in [0.717, 1.165) is 17.7 Å². The molecular formula is C20H22O9. The summed E-state index contributed by atoms with van der Waals surface area (Å²) in [6.07, 6.45) is -5.06. The number of phenolic OH excluding ortho intramolecular Hbond substituents is 3. The van der Waals surface area contributed by atoms with Crippen LogP contribution >= 0.6 is 0 Å². The summed E-state index contributed by atoms with van der Waals surface area (Å²) < 4.78 is 10.7. The maximum absolute atomic E-state index is 12.7. The van der Waals surface area contributed by atoms with E-state index in [1.54, 1.807) is 12.1 Å². The Hall–Kier alpha value is -2.85. The molecule has 0 aromatic heterocycles. The van der Waals surface area contributed by atoms with Crippen LogP contribution in [-0.4, -0.2) is 67.6 Å². The molecule has 0 saturated carbocycles. The monoisotopic (exact) mass is 406 g/mol. The van der Waals surface area contributed by atoms with Crippen LogP contribution in [0.25, 0.3) is 0 Å². The molecule has 1 saturated heterocycles. The molecule has 0 unspecified atom stereocenters. The van der Waals surface area contributed by atoms with Gasteiger partial charge in [-0.05, 0) is 24.1 Å². The van der Waals surface area contributed by atoms with Gasteiger partial charge in [0.25, 0.3) is 0 Å². The number of ketones is 1. The van der Waals surface area contributed by atoms with Gasteiger partial charge in [-0.1, -0.05) is 12.1 Å². The third kappa shape index (κ3) is 4.60. The Morgan fingerprint density at radius 1 is 1.00 bits per heavy atom. The minimum atomic E-state index is -1.50. The van der Waals surface area contributed by atoms with Gasteiger partial charge in [0.05, 0.1) is 6.61 Å². The van der Waals surface area contributed by atoms with E-state index in [4.69, 9.17) is 14.6 Å². The molecule has 1 aliphatic rings. The summed E-state index contributed by atoms with van der Waals surface area (Å²) in [7, 11) is 0. The number of aliphatic hydroxyl groups is 3. The molecule has 1 heterocycles. The Morgan fingerprint density at radius 2 is 1.69 bits per heavy atom. The largest absolute Gasteiger partial charge is 0.508 e. The number of carbonyl (C=O) groups excluding carboxylic acids is 1. The van der Waals surface area contributed by atoms with Crippen LogP contribution in [0.3, 0.4) is 0 Å². The van der Waals surface area contributed by atoms with E-state index in [0.29, 0.717) is 6.42 Å². The number of phenols is 3. The molecule has 9 nitrogen and oxygen atoms in total. The maximum Gasteiger partial charge on any atom is 0.229 e. The van der Waals surface area contributed by atoms with Crippen LogP contribution in [0.5, 0.6) is 23.0 Å². The second kappa shape index (κ2) is 8.66. The summed E-state index contributed by atoms with van der Waals surface area (Å²) in [6.45, 7) is -0.554. The molecule has 0 radical (unpaired) electrons. The topological polar surface area (TPSA) is 157 Å². The number of Topliss-reactive ketones (excluding diaryl/α,β-unsaturated/α-hetero) is 1. The minimum Gasteiger partial charge on any atom is -0.508 e. The SMILES string of the molecule is O=C(CCc1ccc(O)cc1)c1c(O)cc(O)cc1O[C@@H]1O[C@H](CO)[C@@H](O)[C@H]1O. The summed E-state index contributed by atoms with van der Waals surface area (Å²) in [5.74, 6) is -1.50. The zero-order chi connectivity index (χ0) is 21.1. The average Bonchev–Trinajstić information content (AvgIpc) is 2.94. The molecule has 4 atom stereocenters. The van der Waals surface area contributed by atoms with E-state index in [1.807, 2.05) is 0 Å². The van der Waals surface area contributed by atoms with Gasteiger partial charge in [-0.3, -0.25) is 4.79 Å². The average molecular weight is 406 g/mol. The Balaban J connectivity index is 1.79. The first-order valence-electron chi connectivity index (χ1n) is 8.96. The zero-order valence-electron chi connectivity index (χ0n) is 15.3. The lowest BCUT2D eigenvalue weighted by Crippen LogP contribution is -2.35. The van der Waals surface area contributed by atoms with Gasteiger partial charge >= 0.3 is 0 Å². The molecular weight excluding hydrogens is 384 g/mol.